The number of likely N-dealkylation sites (tertiary alicyclic amines) is 2. The summed E-state index contributed by atoms with van der Waals surface area (Å²) in [5.41, 5.74) is 4.37. The van der Waals surface area contributed by atoms with E-state index in [1.54, 1.807) is 5.57 Å². The highest BCUT2D eigenvalue weighted by molar-refractivity contribution is 7.08. The van der Waals surface area contributed by atoms with Crippen molar-refractivity contribution >= 4 is 34.5 Å². The summed E-state index contributed by atoms with van der Waals surface area (Å²) in [6.07, 6.45) is 8.90. The van der Waals surface area contributed by atoms with Crippen molar-refractivity contribution in [3.8, 4) is 0 Å². The molecule has 1 aromatic heterocycles. The maximum Gasteiger partial charge on any atom is 0.0465 e. The van der Waals surface area contributed by atoms with Gasteiger partial charge in [-0.1, -0.05) is 60.7 Å². The molecule has 31 heavy (non-hydrogen) atoms. The second-order valence-corrected chi connectivity index (χ2v) is 10.8. The lowest BCUT2D eigenvalue weighted by Crippen LogP contribution is -2.37. The van der Waals surface area contributed by atoms with Gasteiger partial charge in [-0.3, -0.25) is 4.90 Å². The smallest absolute Gasteiger partial charge is 0.0465 e. The van der Waals surface area contributed by atoms with Gasteiger partial charge in [-0.05, 0) is 65.3 Å². The Hall–Kier alpha value is -0.840. The Balaban J connectivity index is 1.38. The number of benzene rings is 1. The fraction of sp³-hybridized carbons (Fsp3) is 0.538. The summed E-state index contributed by atoms with van der Waals surface area (Å²) in [6, 6.07) is 8.22. The van der Waals surface area contributed by atoms with Crippen LogP contribution in [-0.4, -0.2) is 42.5 Å². The average molecular weight is 478 g/mol. The van der Waals surface area contributed by atoms with Crippen molar-refractivity contribution < 1.29 is 0 Å². The van der Waals surface area contributed by atoms with Gasteiger partial charge in [0.15, 0.2) is 0 Å². The molecule has 2 atom stereocenters. The van der Waals surface area contributed by atoms with Crippen LogP contribution in [-0.2, 0) is 6.54 Å². The van der Waals surface area contributed by atoms with Crippen molar-refractivity contribution in [2.45, 2.75) is 51.5 Å². The summed E-state index contributed by atoms with van der Waals surface area (Å²) in [5.74, 6) is 1.28. The summed E-state index contributed by atoms with van der Waals surface area (Å²) < 4.78 is 0. The highest BCUT2D eigenvalue weighted by atomic mass is 35.5. The number of halogens is 2. The van der Waals surface area contributed by atoms with Gasteiger partial charge in [0.2, 0.25) is 0 Å². The Kier molecular flexibility index (Phi) is 8.53. The summed E-state index contributed by atoms with van der Waals surface area (Å²) in [6.45, 7) is 9.05. The third-order valence-corrected chi connectivity index (χ3v) is 8.17. The van der Waals surface area contributed by atoms with E-state index in [4.69, 9.17) is 23.2 Å². The number of hydrogen-bond donors (Lipinski definition) is 0. The molecule has 0 bridgehead atoms. The molecule has 4 rings (SSSR count). The molecule has 2 aromatic rings. The molecule has 168 valence electrons. The van der Waals surface area contributed by atoms with E-state index in [1.165, 1.54) is 62.9 Å². The number of allylic oxidation sites excluding steroid dienone is 1. The SMILES string of the molecule is CCCCC=C1CCN(CC2CN(Cc3ccc(Cl)cc3Cl)CC2c2ccsc2)CC1. The van der Waals surface area contributed by atoms with Crippen molar-refractivity contribution in [1.29, 1.82) is 0 Å². The minimum absolute atomic E-state index is 0.610. The molecule has 5 heteroatoms. The predicted octanol–water partition coefficient (Wildman–Crippen LogP) is 7.48. The quantitative estimate of drug-likeness (QED) is 0.287. The molecule has 0 radical (unpaired) electrons. The summed E-state index contributed by atoms with van der Waals surface area (Å²) >= 11 is 14.4. The monoisotopic (exact) mass is 476 g/mol. The molecule has 2 aliphatic rings. The maximum atomic E-state index is 6.47. The molecule has 2 unspecified atom stereocenters. The van der Waals surface area contributed by atoms with E-state index >= 15 is 0 Å². The van der Waals surface area contributed by atoms with E-state index < -0.39 is 0 Å². The first-order chi connectivity index (χ1) is 15.1. The second-order valence-electron chi connectivity index (χ2n) is 9.16. The molecule has 2 fully saturated rings. The van der Waals surface area contributed by atoms with Gasteiger partial charge in [0.25, 0.3) is 0 Å². The first-order valence-electron chi connectivity index (χ1n) is 11.7. The largest absolute Gasteiger partial charge is 0.302 e. The van der Waals surface area contributed by atoms with E-state index in [9.17, 15) is 0 Å². The Morgan fingerprint density at radius 2 is 1.94 bits per heavy atom. The van der Waals surface area contributed by atoms with Gasteiger partial charge in [-0.15, -0.1) is 0 Å². The highest BCUT2D eigenvalue weighted by Crippen LogP contribution is 2.36. The highest BCUT2D eigenvalue weighted by Gasteiger charge is 2.35. The lowest BCUT2D eigenvalue weighted by Gasteiger charge is -2.32. The minimum atomic E-state index is 0.610. The fourth-order valence-corrected chi connectivity index (χ4v) is 6.29. The van der Waals surface area contributed by atoms with Crippen LogP contribution in [0.4, 0.5) is 0 Å². The standard InChI is InChI=1S/C26H34Cl2N2S/c1-2-3-4-5-20-8-11-29(12-9-20)16-23-17-30(18-25(23)22-10-13-31-19-22)15-21-6-7-24(27)14-26(21)28/h5-7,10,13-14,19,23,25H,2-4,8-9,11-12,15-18H2,1H3. The Labute approximate surface area is 201 Å². The van der Waals surface area contributed by atoms with Crippen LogP contribution in [0.5, 0.6) is 0 Å². The van der Waals surface area contributed by atoms with E-state index in [-0.39, 0.29) is 0 Å². The molecule has 0 saturated carbocycles. The first kappa shape index (κ1) is 23.3. The third kappa shape index (κ3) is 6.36. The number of thiophene rings is 1. The lowest BCUT2D eigenvalue weighted by molar-refractivity contribution is 0.207. The van der Waals surface area contributed by atoms with Gasteiger partial charge in [-0.2, -0.15) is 11.3 Å². The Morgan fingerprint density at radius 1 is 1.10 bits per heavy atom. The van der Waals surface area contributed by atoms with Crippen molar-refractivity contribution in [3.05, 3.63) is 67.8 Å². The molecule has 0 N–H and O–H groups in total. The molecule has 2 saturated heterocycles. The average Bonchev–Trinajstić information content (AvgIpc) is 3.42. The van der Waals surface area contributed by atoms with Crippen LogP contribution in [0.2, 0.25) is 10.0 Å². The Morgan fingerprint density at radius 3 is 2.65 bits per heavy atom. The third-order valence-electron chi connectivity index (χ3n) is 6.88. The van der Waals surface area contributed by atoms with Crippen LogP contribution < -0.4 is 0 Å². The zero-order valence-electron chi connectivity index (χ0n) is 18.5. The van der Waals surface area contributed by atoms with Crippen LogP contribution >= 0.6 is 34.5 Å². The summed E-state index contributed by atoms with van der Waals surface area (Å²) in [5, 5.41) is 6.06. The molecule has 0 spiro atoms. The van der Waals surface area contributed by atoms with Crippen LogP contribution in [0.25, 0.3) is 0 Å². The van der Waals surface area contributed by atoms with Gasteiger partial charge in [0.1, 0.15) is 0 Å². The second kappa shape index (κ2) is 11.3. The first-order valence-corrected chi connectivity index (χ1v) is 13.4. The van der Waals surface area contributed by atoms with Crippen LogP contribution in [0.3, 0.4) is 0 Å². The zero-order chi connectivity index (χ0) is 21.6. The molecule has 3 heterocycles. The van der Waals surface area contributed by atoms with Crippen molar-refractivity contribution in [3.63, 3.8) is 0 Å². The van der Waals surface area contributed by atoms with Crippen molar-refractivity contribution in [1.82, 2.24) is 9.80 Å². The van der Waals surface area contributed by atoms with E-state index in [0.29, 0.717) is 16.9 Å². The topological polar surface area (TPSA) is 6.48 Å². The minimum Gasteiger partial charge on any atom is -0.302 e. The van der Waals surface area contributed by atoms with Crippen molar-refractivity contribution in [2.75, 3.05) is 32.7 Å². The van der Waals surface area contributed by atoms with Gasteiger partial charge in [-0.25, -0.2) is 0 Å². The molecular weight excluding hydrogens is 443 g/mol. The Bertz CT molecular complexity index is 854. The molecule has 0 amide bonds. The van der Waals surface area contributed by atoms with Gasteiger partial charge in [0, 0.05) is 55.2 Å². The van der Waals surface area contributed by atoms with Crippen LogP contribution in [0.15, 0.2) is 46.7 Å². The number of piperidine rings is 1. The number of unbranched alkanes of at least 4 members (excludes halogenated alkanes) is 2. The lowest BCUT2D eigenvalue weighted by atomic mass is 9.89. The molecule has 1 aromatic carbocycles. The summed E-state index contributed by atoms with van der Waals surface area (Å²) in [7, 11) is 0. The molecule has 2 nitrogen and oxygen atoms in total. The van der Waals surface area contributed by atoms with Crippen molar-refractivity contribution in [2.24, 2.45) is 5.92 Å². The normalized spacial score (nSPS) is 22.9. The maximum absolute atomic E-state index is 6.47. The van der Waals surface area contributed by atoms with Crippen LogP contribution in [0.1, 0.15) is 56.1 Å². The van der Waals surface area contributed by atoms with E-state index in [1.807, 2.05) is 23.5 Å². The van der Waals surface area contributed by atoms with Gasteiger partial charge < -0.3 is 4.90 Å². The van der Waals surface area contributed by atoms with E-state index in [2.05, 4.69) is 45.7 Å². The zero-order valence-corrected chi connectivity index (χ0v) is 20.9. The number of nitrogens with zero attached hydrogens (tertiary/aromatic N) is 2. The molecule has 0 aliphatic carbocycles. The fourth-order valence-electron chi connectivity index (χ4n) is 5.10. The van der Waals surface area contributed by atoms with Gasteiger partial charge in [0.05, 0.1) is 0 Å². The predicted molar refractivity (Wildman–Crippen MR) is 136 cm³/mol. The number of hydrogen-bond acceptors (Lipinski definition) is 3. The van der Waals surface area contributed by atoms with E-state index in [0.717, 1.165) is 24.7 Å². The number of rotatable bonds is 8. The van der Waals surface area contributed by atoms with Crippen LogP contribution in [0, 0.1) is 5.92 Å². The summed E-state index contributed by atoms with van der Waals surface area (Å²) in [4.78, 5) is 5.29. The molecular formula is C26H34Cl2N2S. The van der Waals surface area contributed by atoms with Gasteiger partial charge >= 0.3 is 0 Å². The molecule has 2 aliphatic heterocycles.